The van der Waals surface area contributed by atoms with Crippen molar-refractivity contribution in [3.05, 3.63) is 47.3 Å². The average molecular weight is 286 g/mol. The summed E-state index contributed by atoms with van der Waals surface area (Å²) in [5.74, 6) is 6.12. The van der Waals surface area contributed by atoms with Crippen molar-refractivity contribution in [3.8, 4) is 17.6 Å². The van der Waals surface area contributed by atoms with Crippen molar-refractivity contribution in [1.82, 2.24) is 10.5 Å². The standard InChI is InChI=1S/C15H14N2O4/c1-20-14-5-4-12(9-11(14)3-2-8-18)15(19)16-10-13-6-7-17-21-13/h4-7,9,18H,8,10H2,1H3,(H,16,19). The first kappa shape index (κ1) is 14.6. The largest absolute Gasteiger partial charge is 0.495 e. The average Bonchev–Trinajstić information content (AvgIpc) is 3.03. The van der Waals surface area contributed by atoms with Gasteiger partial charge in [0.1, 0.15) is 12.4 Å². The Hall–Kier alpha value is -2.78. The molecule has 0 spiro atoms. The van der Waals surface area contributed by atoms with Crippen molar-refractivity contribution in [2.45, 2.75) is 6.54 Å². The number of carbonyl (C=O) groups excluding carboxylic acids is 1. The fourth-order valence-electron chi connectivity index (χ4n) is 1.68. The van der Waals surface area contributed by atoms with Gasteiger partial charge in [0.25, 0.3) is 5.91 Å². The zero-order chi connectivity index (χ0) is 15.1. The van der Waals surface area contributed by atoms with Crippen LogP contribution in [0.25, 0.3) is 0 Å². The number of nitrogens with zero attached hydrogens (tertiary/aromatic N) is 1. The van der Waals surface area contributed by atoms with Crippen LogP contribution in [0.4, 0.5) is 0 Å². The Morgan fingerprint density at radius 2 is 2.33 bits per heavy atom. The first-order chi connectivity index (χ1) is 10.2. The molecule has 0 saturated heterocycles. The molecular weight excluding hydrogens is 272 g/mol. The van der Waals surface area contributed by atoms with Crippen LogP contribution in [0.5, 0.6) is 5.75 Å². The highest BCUT2D eigenvalue weighted by molar-refractivity contribution is 5.94. The van der Waals surface area contributed by atoms with Gasteiger partial charge in [-0.1, -0.05) is 17.0 Å². The number of hydrogen-bond donors (Lipinski definition) is 2. The van der Waals surface area contributed by atoms with E-state index in [4.69, 9.17) is 14.4 Å². The minimum Gasteiger partial charge on any atom is -0.495 e. The predicted molar refractivity (Wildman–Crippen MR) is 74.6 cm³/mol. The number of ether oxygens (including phenoxy) is 1. The molecule has 0 unspecified atom stereocenters. The molecule has 1 heterocycles. The summed E-state index contributed by atoms with van der Waals surface area (Å²) >= 11 is 0. The molecule has 0 saturated carbocycles. The number of aromatic nitrogens is 1. The van der Waals surface area contributed by atoms with Crippen molar-refractivity contribution in [2.75, 3.05) is 13.7 Å². The fourth-order valence-corrected chi connectivity index (χ4v) is 1.68. The van der Waals surface area contributed by atoms with E-state index in [-0.39, 0.29) is 19.1 Å². The van der Waals surface area contributed by atoms with Gasteiger partial charge in [-0.15, -0.1) is 0 Å². The molecule has 1 aromatic heterocycles. The molecule has 21 heavy (non-hydrogen) atoms. The molecule has 2 N–H and O–H groups in total. The summed E-state index contributed by atoms with van der Waals surface area (Å²) in [6.07, 6.45) is 1.51. The summed E-state index contributed by atoms with van der Waals surface area (Å²) in [5, 5.41) is 15.0. The Kier molecular flexibility index (Phi) is 4.96. The van der Waals surface area contributed by atoms with Crippen molar-refractivity contribution in [1.29, 1.82) is 0 Å². The molecule has 2 aromatic rings. The Balaban J connectivity index is 2.13. The van der Waals surface area contributed by atoms with Crippen LogP contribution in [0.1, 0.15) is 21.7 Å². The molecule has 0 atom stereocenters. The third kappa shape index (κ3) is 3.84. The van der Waals surface area contributed by atoms with Crippen LogP contribution in [-0.2, 0) is 6.54 Å². The maximum absolute atomic E-state index is 12.1. The summed E-state index contributed by atoms with van der Waals surface area (Å²) in [6, 6.07) is 6.58. The summed E-state index contributed by atoms with van der Waals surface area (Å²) in [5.41, 5.74) is 0.983. The maximum Gasteiger partial charge on any atom is 0.251 e. The third-order valence-electron chi connectivity index (χ3n) is 2.68. The number of aliphatic hydroxyl groups excluding tert-OH is 1. The highest BCUT2D eigenvalue weighted by atomic mass is 16.5. The second-order valence-corrected chi connectivity index (χ2v) is 4.04. The highest BCUT2D eigenvalue weighted by Crippen LogP contribution is 2.19. The van der Waals surface area contributed by atoms with Crippen LogP contribution in [0.15, 0.2) is 35.0 Å². The Bertz CT molecular complexity index is 669. The number of amides is 1. The van der Waals surface area contributed by atoms with Gasteiger partial charge in [0, 0.05) is 11.6 Å². The van der Waals surface area contributed by atoms with Crippen LogP contribution in [0.2, 0.25) is 0 Å². The van der Waals surface area contributed by atoms with Gasteiger partial charge in [0.05, 0.1) is 25.4 Å². The van der Waals surface area contributed by atoms with E-state index in [2.05, 4.69) is 22.3 Å². The lowest BCUT2D eigenvalue weighted by molar-refractivity contribution is 0.0947. The van der Waals surface area contributed by atoms with Crippen molar-refractivity contribution >= 4 is 5.91 Å². The van der Waals surface area contributed by atoms with Crippen molar-refractivity contribution < 1.29 is 19.2 Å². The number of rotatable bonds is 4. The van der Waals surface area contributed by atoms with Crippen LogP contribution >= 0.6 is 0 Å². The lowest BCUT2D eigenvalue weighted by Crippen LogP contribution is -2.22. The summed E-state index contributed by atoms with van der Waals surface area (Å²) in [6.45, 7) is -0.00636. The molecule has 0 aliphatic carbocycles. The third-order valence-corrected chi connectivity index (χ3v) is 2.68. The SMILES string of the molecule is COc1ccc(C(=O)NCc2ccno2)cc1C#CCO. The zero-order valence-electron chi connectivity index (χ0n) is 11.4. The van der Waals surface area contributed by atoms with E-state index in [1.807, 2.05) is 0 Å². The molecule has 6 nitrogen and oxygen atoms in total. The van der Waals surface area contributed by atoms with Gasteiger partial charge in [0.2, 0.25) is 0 Å². The minimum atomic E-state index is -0.263. The molecule has 6 heteroatoms. The molecule has 0 bridgehead atoms. The van der Waals surface area contributed by atoms with Crippen molar-refractivity contribution in [3.63, 3.8) is 0 Å². The number of methoxy groups -OCH3 is 1. The van der Waals surface area contributed by atoms with Gasteiger partial charge < -0.3 is 19.7 Å². The quantitative estimate of drug-likeness (QED) is 0.818. The molecule has 2 rings (SSSR count). The van der Waals surface area contributed by atoms with E-state index in [0.717, 1.165) is 0 Å². The Morgan fingerprint density at radius 3 is 3.00 bits per heavy atom. The number of aliphatic hydroxyl groups is 1. The molecule has 108 valence electrons. The van der Waals surface area contributed by atoms with Crippen LogP contribution < -0.4 is 10.1 Å². The highest BCUT2D eigenvalue weighted by Gasteiger charge is 2.09. The maximum atomic E-state index is 12.1. The smallest absolute Gasteiger partial charge is 0.251 e. The van der Waals surface area contributed by atoms with E-state index in [0.29, 0.717) is 22.6 Å². The number of hydrogen-bond acceptors (Lipinski definition) is 5. The topological polar surface area (TPSA) is 84.6 Å². The number of carbonyl (C=O) groups is 1. The second kappa shape index (κ2) is 7.12. The van der Waals surface area contributed by atoms with Crippen molar-refractivity contribution in [2.24, 2.45) is 0 Å². The Labute approximate surface area is 121 Å². The molecule has 1 aromatic carbocycles. The second-order valence-electron chi connectivity index (χ2n) is 4.04. The Morgan fingerprint density at radius 1 is 1.48 bits per heavy atom. The predicted octanol–water partition coefficient (Wildman–Crippen LogP) is 0.957. The van der Waals surface area contributed by atoms with E-state index < -0.39 is 0 Å². The summed E-state index contributed by atoms with van der Waals surface area (Å²) in [7, 11) is 1.52. The van der Waals surface area contributed by atoms with Gasteiger partial charge in [-0.2, -0.15) is 0 Å². The van der Waals surface area contributed by atoms with Gasteiger partial charge in [0.15, 0.2) is 5.76 Å². The summed E-state index contributed by atoms with van der Waals surface area (Å²) in [4.78, 5) is 12.1. The van der Waals surface area contributed by atoms with E-state index >= 15 is 0 Å². The molecule has 1 amide bonds. The molecule has 0 radical (unpaired) electrons. The minimum absolute atomic E-state index is 0.252. The number of nitrogens with one attached hydrogen (secondary N) is 1. The molecule has 0 aliphatic rings. The van der Waals surface area contributed by atoms with Crippen LogP contribution in [-0.4, -0.2) is 29.9 Å². The number of benzene rings is 1. The lowest BCUT2D eigenvalue weighted by atomic mass is 10.1. The van der Waals surface area contributed by atoms with Gasteiger partial charge >= 0.3 is 0 Å². The summed E-state index contributed by atoms with van der Waals surface area (Å²) < 4.78 is 10.1. The van der Waals surface area contributed by atoms with Gasteiger partial charge in [-0.05, 0) is 18.2 Å². The van der Waals surface area contributed by atoms with Gasteiger partial charge in [-0.25, -0.2) is 0 Å². The zero-order valence-corrected chi connectivity index (χ0v) is 11.4. The monoisotopic (exact) mass is 286 g/mol. The van der Waals surface area contributed by atoms with Gasteiger partial charge in [-0.3, -0.25) is 4.79 Å². The van der Waals surface area contributed by atoms with E-state index in [1.165, 1.54) is 13.3 Å². The van der Waals surface area contributed by atoms with E-state index in [1.54, 1.807) is 24.3 Å². The fraction of sp³-hybridized carbons (Fsp3) is 0.200. The van der Waals surface area contributed by atoms with Crippen LogP contribution in [0.3, 0.4) is 0 Å². The normalized spacial score (nSPS) is 9.62. The lowest BCUT2D eigenvalue weighted by Gasteiger charge is -2.07. The van der Waals surface area contributed by atoms with Crippen LogP contribution in [0, 0.1) is 11.8 Å². The molecule has 0 aliphatic heterocycles. The molecular formula is C15H14N2O4. The first-order valence-corrected chi connectivity index (χ1v) is 6.20. The first-order valence-electron chi connectivity index (χ1n) is 6.20. The molecule has 0 fully saturated rings. The van der Waals surface area contributed by atoms with E-state index in [9.17, 15) is 4.79 Å².